The second-order valence-electron chi connectivity index (χ2n) is 6.57. The Labute approximate surface area is 163 Å². The van der Waals surface area contributed by atoms with E-state index in [1.807, 2.05) is 13.8 Å². The first-order valence-corrected chi connectivity index (χ1v) is 9.14. The van der Waals surface area contributed by atoms with Gasteiger partial charge in [-0.3, -0.25) is 14.6 Å². The molecule has 1 fully saturated rings. The molecule has 0 aliphatic carbocycles. The van der Waals surface area contributed by atoms with E-state index in [2.05, 4.69) is 10.3 Å². The van der Waals surface area contributed by atoms with E-state index in [9.17, 15) is 9.59 Å². The number of aromatic nitrogens is 1. The number of carbonyl (C=O) groups excluding carboxylic acids is 2. The predicted octanol–water partition coefficient (Wildman–Crippen LogP) is 3.03. The molecule has 1 unspecified atom stereocenters. The van der Waals surface area contributed by atoms with E-state index in [1.54, 1.807) is 42.5 Å². The highest BCUT2D eigenvalue weighted by atomic mass is 35.5. The number of hydrogen-bond acceptors (Lipinski definition) is 4. The van der Waals surface area contributed by atoms with Crippen LogP contribution in [0.2, 0.25) is 5.02 Å². The molecular weight excluding hydrogens is 366 g/mol. The fraction of sp³-hybridized carbons (Fsp3) is 0.350. The number of hydrogen-bond donors (Lipinski definition) is 1. The van der Waals surface area contributed by atoms with Crippen LogP contribution in [0.15, 0.2) is 30.5 Å². The molecule has 2 heterocycles. The van der Waals surface area contributed by atoms with Crippen molar-refractivity contribution < 1.29 is 14.3 Å². The number of carbonyl (C=O) groups is 2. The molecule has 1 aromatic heterocycles. The fourth-order valence-corrected chi connectivity index (χ4v) is 3.47. The minimum atomic E-state index is -0.687. The van der Waals surface area contributed by atoms with Crippen molar-refractivity contribution >= 4 is 29.1 Å². The number of halogens is 1. The maximum atomic E-state index is 12.7. The quantitative estimate of drug-likeness (QED) is 0.800. The monoisotopic (exact) mass is 387 g/mol. The average molecular weight is 388 g/mol. The van der Waals surface area contributed by atoms with Crippen LogP contribution in [0.5, 0.6) is 5.75 Å². The Hall–Kier alpha value is -2.60. The highest BCUT2D eigenvalue weighted by molar-refractivity contribution is 6.30. The summed E-state index contributed by atoms with van der Waals surface area (Å²) in [5, 5.41) is 3.45. The maximum Gasteiger partial charge on any atom is 0.239 e. The first kappa shape index (κ1) is 19.2. The number of aryl methyl sites for hydroxylation is 1. The summed E-state index contributed by atoms with van der Waals surface area (Å²) in [7, 11) is 1.61. The second-order valence-corrected chi connectivity index (χ2v) is 7.01. The van der Waals surface area contributed by atoms with Gasteiger partial charge in [0.15, 0.2) is 0 Å². The van der Waals surface area contributed by atoms with Crippen molar-refractivity contribution in [2.75, 3.05) is 18.6 Å². The lowest BCUT2D eigenvalue weighted by molar-refractivity contribution is -0.132. The van der Waals surface area contributed by atoms with Crippen LogP contribution in [-0.4, -0.2) is 30.5 Å². The van der Waals surface area contributed by atoms with Crippen molar-refractivity contribution in [1.82, 2.24) is 10.3 Å². The van der Waals surface area contributed by atoms with Gasteiger partial charge in [0, 0.05) is 34.6 Å². The van der Waals surface area contributed by atoms with Crippen molar-refractivity contribution in [1.29, 1.82) is 0 Å². The highest BCUT2D eigenvalue weighted by Crippen LogP contribution is 2.27. The fourth-order valence-electron chi connectivity index (χ4n) is 3.34. The lowest BCUT2D eigenvalue weighted by atomic mass is 10.1. The van der Waals surface area contributed by atoms with Crippen LogP contribution in [0.25, 0.3) is 0 Å². The van der Waals surface area contributed by atoms with E-state index in [1.165, 1.54) is 0 Å². The minimum Gasteiger partial charge on any atom is -0.496 e. The zero-order chi connectivity index (χ0) is 19.6. The van der Waals surface area contributed by atoms with Crippen LogP contribution < -0.4 is 15.0 Å². The summed E-state index contributed by atoms with van der Waals surface area (Å²) >= 11 is 5.89. The molecule has 3 rings (SSSR count). The van der Waals surface area contributed by atoms with Crippen LogP contribution in [0.3, 0.4) is 0 Å². The summed E-state index contributed by atoms with van der Waals surface area (Å²) in [6, 6.07) is 7.03. The highest BCUT2D eigenvalue weighted by Gasteiger charge is 2.37. The molecule has 7 heteroatoms. The average Bonchev–Trinajstić information content (AvgIpc) is 3.03. The van der Waals surface area contributed by atoms with E-state index >= 15 is 0 Å². The second kappa shape index (κ2) is 7.96. The Bertz CT molecular complexity index is 868. The number of ether oxygens (including phenoxy) is 1. The number of benzene rings is 1. The van der Waals surface area contributed by atoms with Crippen LogP contribution in [0, 0.1) is 19.8 Å². The lowest BCUT2D eigenvalue weighted by Crippen LogP contribution is -2.36. The van der Waals surface area contributed by atoms with Gasteiger partial charge < -0.3 is 15.0 Å². The Balaban J connectivity index is 1.65. The van der Waals surface area contributed by atoms with Crippen molar-refractivity contribution in [2.24, 2.45) is 5.92 Å². The number of nitrogens with one attached hydrogen (secondary N) is 1. The Morgan fingerprint density at radius 1 is 1.33 bits per heavy atom. The summed E-state index contributed by atoms with van der Waals surface area (Å²) in [4.78, 5) is 31.2. The number of anilines is 1. The lowest BCUT2D eigenvalue weighted by Gasteiger charge is -2.17. The van der Waals surface area contributed by atoms with Gasteiger partial charge in [0.2, 0.25) is 11.8 Å². The van der Waals surface area contributed by atoms with Crippen LogP contribution >= 0.6 is 11.6 Å². The molecule has 1 aliphatic rings. The van der Waals surface area contributed by atoms with Gasteiger partial charge in [-0.05, 0) is 44.5 Å². The van der Waals surface area contributed by atoms with E-state index in [0.29, 0.717) is 18.0 Å². The van der Waals surface area contributed by atoms with Crippen LogP contribution in [0.4, 0.5) is 5.69 Å². The Kier molecular flexibility index (Phi) is 5.65. The van der Waals surface area contributed by atoms with Gasteiger partial charge in [-0.1, -0.05) is 11.6 Å². The van der Waals surface area contributed by atoms with Crippen molar-refractivity contribution in [3.8, 4) is 5.75 Å². The number of amides is 2. The molecule has 0 radical (unpaired) electrons. The summed E-state index contributed by atoms with van der Waals surface area (Å²) in [5.74, 6) is -0.397. The van der Waals surface area contributed by atoms with Gasteiger partial charge in [-0.15, -0.1) is 0 Å². The third kappa shape index (κ3) is 3.90. The van der Waals surface area contributed by atoms with Gasteiger partial charge in [0.05, 0.1) is 19.3 Å². The third-order valence-corrected chi connectivity index (χ3v) is 5.09. The van der Waals surface area contributed by atoms with Crippen LogP contribution in [0.1, 0.15) is 23.2 Å². The van der Waals surface area contributed by atoms with Gasteiger partial charge in [-0.2, -0.15) is 0 Å². The molecule has 27 heavy (non-hydrogen) atoms. The van der Waals surface area contributed by atoms with Gasteiger partial charge in [-0.25, -0.2) is 0 Å². The maximum absolute atomic E-state index is 12.7. The van der Waals surface area contributed by atoms with E-state index in [4.69, 9.17) is 16.3 Å². The molecule has 0 bridgehead atoms. The largest absolute Gasteiger partial charge is 0.496 e. The normalized spacial score (nSPS) is 16.5. The molecule has 0 saturated carbocycles. The zero-order valence-electron chi connectivity index (χ0n) is 15.6. The molecule has 1 N–H and O–H groups in total. The smallest absolute Gasteiger partial charge is 0.239 e. The van der Waals surface area contributed by atoms with Crippen molar-refractivity contribution in [2.45, 2.75) is 26.8 Å². The number of methoxy groups -OCH3 is 1. The molecule has 2 amide bonds. The predicted molar refractivity (Wildman–Crippen MR) is 104 cm³/mol. The topological polar surface area (TPSA) is 71.5 Å². The number of rotatable bonds is 5. The van der Waals surface area contributed by atoms with E-state index in [0.717, 1.165) is 28.3 Å². The first-order valence-electron chi connectivity index (χ1n) is 8.76. The van der Waals surface area contributed by atoms with Crippen molar-refractivity contribution in [3.63, 3.8) is 0 Å². The summed E-state index contributed by atoms with van der Waals surface area (Å²) < 4.78 is 5.39. The summed E-state index contributed by atoms with van der Waals surface area (Å²) in [5.41, 5.74) is 3.30. The van der Waals surface area contributed by atoms with E-state index in [-0.39, 0.29) is 18.4 Å². The number of nitrogens with zero attached hydrogens (tertiary/aromatic N) is 2. The molecule has 1 aliphatic heterocycles. The van der Waals surface area contributed by atoms with E-state index < -0.39 is 5.92 Å². The van der Waals surface area contributed by atoms with Gasteiger partial charge >= 0.3 is 0 Å². The first-order chi connectivity index (χ1) is 12.9. The molecule has 1 aromatic carbocycles. The summed E-state index contributed by atoms with van der Waals surface area (Å²) in [6.45, 7) is 4.59. The van der Waals surface area contributed by atoms with Gasteiger partial charge in [0.1, 0.15) is 11.7 Å². The zero-order valence-corrected chi connectivity index (χ0v) is 16.3. The third-order valence-electron chi connectivity index (χ3n) is 4.84. The number of pyridine rings is 1. The molecule has 142 valence electrons. The Morgan fingerprint density at radius 2 is 2.04 bits per heavy atom. The van der Waals surface area contributed by atoms with Crippen molar-refractivity contribution in [3.05, 3.63) is 52.3 Å². The minimum absolute atomic E-state index is 0.194. The standard InChI is InChI=1S/C20H22ClN3O3/c1-12-10-22-17(13(2)18(12)27-3)11-23-19(25)16-8-9-24(20(16)26)15-6-4-14(21)5-7-15/h4-7,10,16H,8-9,11H2,1-3H3,(H,23,25). The van der Waals surface area contributed by atoms with Gasteiger partial charge in [0.25, 0.3) is 0 Å². The molecular formula is C20H22ClN3O3. The molecule has 6 nitrogen and oxygen atoms in total. The molecule has 0 spiro atoms. The SMILES string of the molecule is COc1c(C)cnc(CNC(=O)C2CCN(c3ccc(Cl)cc3)C2=O)c1C. The molecule has 1 saturated heterocycles. The Morgan fingerprint density at radius 3 is 2.70 bits per heavy atom. The molecule has 2 aromatic rings. The molecule has 1 atom stereocenters. The summed E-state index contributed by atoms with van der Waals surface area (Å²) in [6.07, 6.45) is 2.20. The van der Waals surface area contributed by atoms with Crippen LogP contribution in [-0.2, 0) is 16.1 Å².